The first-order chi connectivity index (χ1) is 8.19. The zero-order valence-corrected chi connectivity index (χ0v) is 10.2. The van der Waals surface area contributed by atoms with E-state index in [1.165, 1.54) is 17.7 Å². The van der Waals surface area contributed by atoms with E-state index >= 15 is 0 Å². The van der Waals surface area contributed by atoms with Crippen LogP contribution in [0, 0.1) is 5.82 Å². The molecular formula is C14H12ClFO. The third-order valence-corrected chi connectivity index (χ3v) is 2.69. The second kappa shape index (κ2) is 5.19. The zero-order valence-electron chi connectivity index (χ0n) is 9.41. The predicted molar refractivity (Wildman–Crippen MR) is 67.3 cm³/mol. The summed E-state index contributed by atoms with van der Waals surface area (Å²) in [5.74, 6) is 0.333. The molecule has 0 amide bonds. The van der Waals surface area contributed by atoms with Gasteiger partial charge in [-0.15, -0.1) is 0 Å². The van der Waals surface area contributed by atoms with E-state index in [-0.39, 0.29) is 5.75 Å². The Balaban J connectivity index is 2.19. The molecule has 0 spiro atoms. The summed E-state index contributed by atoms with van der Waals surface area (Å²) in [5, 5.41) is 0.358. The van der Waals surface area contributed by atoms with Crippen molar-refractivity contribution >= 4 is 11.6 Å². The smallest absolute Gasteiger partial charge is 0.167 e. The minimum atomic E-state index is -0.461. The normalized spacial score (nSPS) is 10.3. The minimum absolute atomic E-state index is 0.179. The Hall–Kier alpha value is -1.54. The second-order valence-electron chi connectivity index (χ2n) is 3.67. The van der Waals surface area contributed by atoms with Crippen molar-refractivity contribution < 1.29 is 9.13 Å². The van der Waals surface area contributed by atoms with Gasteiger partial charge in [0.15, 0.2) is 11.6 Å². The molecule has 0 aliphatic carbocycles. The molecule has 0 atom stereocenters. The molecule has 0 heterocycles. The minimum Gasteiger partial charge on any atom is -0.454 e. The molecule has 2 rings (SSSR count). The molecule has 0 radical (unpaired) electrons. The number of aryl methyl sites for hydroxylation is 1. The third-order valence-electron chi connectivity index (χ3n) is 2.45. The van der Waals surface area contributed by atoms with Gasteiger partial charge in [-0.25, -0.2) is 4.39 Å². The van der Waals surface area contributed by atoms with Crippen molar-refractivity contribution in [2.45, 2.75) is 13.3 Å². The number of benzene rings is 2. The first-order valence-corrected chi connectivity index (χ1v) is 5.78. The topological polar surface area (TPSA) is 9.23 Å². The van der Waals surface area contributed by atoms with E-state index in [9.17, 15) is 4.39 Å². The summed E-state index contributed by atoms with van der Waals surface area (Å²) in [4.78, 5) is 0. The molecular weight excluding hydrogens is 239 g/mol. The van der Waals surface area contributed by atoms with Crippen LogP contribution in [-0.4, -0.2) is 0 Å². The molecule has 0 saturated heterocycles. The van der Waals surface area contributed by atoms with Crippen LogP contribution in [0.25, 0.3) is 0 Å². The van der Waals surface area contributed by atoms with Gasteiger partial charge in [-0.2, -0.15) is 0 Å². The van der Waals surface area contributed by atoms with Gasteiger partial charge < -0.3 is 4.74 Å². The van der Waals surface area contributed by atoms with Gasteiger partial charge in [-0.05, 0) is 42.3 Å². The van der Waals surface area contributed by atoms with Crippen LogP contribution in [-0.2, 0) is 6.42 Å². The van der Waals surface area contributed by atoms with Crippen LogP contribution in [0.1, 0.15) is 12.5 Å². The summed E-state index contributed by atoms with van der Waals surface area (Å²) in [6.07, 6.45) is 0.968. The lowest BCUT2D eigenvalue weighted by molar-refractivity contribution is 0.442. The van der Waals surface area contributed by atoms with E-state index in [4.69, 9.17) is 16.3 Å². The molecule has 0 N–H and O–H groups in total. The van der Waals surface area contributed by atoms with Crippen LogP contribution in [0.15, 0.2) is 42.5 Å². The standard InChI is InChI=1S/C14H12ClFO/c1-2-10-3-6-12(7-4-10)17-14-8-5-11(15)9-13(14)16/h3-9H,2H2,1H3. The van der Waals surface area contributed by atoms with E-state index < -0.39 is 5.82 Å². The van der Waals surface area contributed by atoms with Crippen LogP contribution in [0.5, 0.6) is 11.5 Å². The van der Waals surface area contributed by atoms with Crippen molar-refractivity contribution in [2.75, 3.05) is 0 Å². The lowest BCUT2D eigenvalue weighted by Crippen LogP contribution is -1.88. The van der Waals surface area contributed by atoms with Gasteiger partial charge in [0.05, 0.1) is 0 Å². The fourth-order valence-corrected chi connectivity index (χ4v) is 1.64. The molecule has 0 aliphatic heterocycles. The molecule has 88 valence electrons. The number of rotatable bonds is 3. The number of halogens is 2. The Morgan fingerprint density at radius 1 is 1.12 bits per heavy atom. The largest absolute Gasteiger partial charge is 0.454 e. The van der Waals surface area contributed by atoms with Gasteiger partial charge >= 0.3 is 0 Å². The van der Waals surface area contributed by atoms with E-state index in [0.717, 1.165) is 6.42 Å². The van der Waals surface area contributed by atoms with Crippen molar-refractivity contribution in [2.24, 2.45) is 0 Å². The van der Waals surface area contributed by atoms with Crippen LogP contribution in [0.3, 0.4) is 0 Å². The summed E-state index contributed by atoms with van der Waals surface area (Å²) in [7, 11) is 0. The second-order valence-corrected chi connectivity index (χ2v) is 4.11. The summed E-state index contributed by atoms with van der Waals surface area (Å²) < 4.78 is 18.9. The number of ether oxygens (including phenoxy) is 1. The monoisotopic (exact) mass is 250 g/mol. The lowest BCUT2D eigenvalue weighted by Gasteiger charge is -2.07. The molecule has 0 saturated carbocycles. The highest BCUT2D eigenvalue weighted by molar-refractivity contribution is 6.30. The van der Waals surface area contributed by atoms with Crippen molar-refractivity contribution in [1.29, 1.82) is 0 Å². The molecule has 1 nitrogen and oxygen atoms in total. The molecule has 3 heteroatoms. The first kappa shape index (κ1) is 11.9. The third kappa shape index (κ3) is 2.98. The summed E-state index contributed by atoms with van der Waals surface area (Å²) >= 11 is 5.66. The molecule has 0 fully saturated rings. The maximum Gasteiger partial charge on any atom is 0.167 e. The van der Waals surface area contributed by atoms with E-state index in [2.05, 4.69) is 6.92 Å². The number of hydrogen-bond donors (Lipinski definition) is 0. The first-order valence-electron chi connectivity index (χ1n) is 5.41. The summed E-state index contributed by atoms with van der Waals surface area (Å²) in [6.45, 7) is 2.08. The van der Waals surface area contributed by atoms with E-state index in [0.29, 0.717) is 10.8 Å². The predicted octanol–water partition coefficient (Wildman–Crippen LogP) is 4.83. The highest BCUT2D eigenvalue weighted by Gasteiger charge is 2.05. The molecule has 0 aliphatic rings. The van der Waals surface area contributed by atoms with Crippen molar-refractivity contribution in [1.82, 2.24) is 0 Å². The van der Waals surface area contributed by atoms with Crippen LogP contribution in [0.2, 0.25) is 5.02 Å². The Morgan fingerprint density at radius 2 is 1.82 bits per heavy atom. The van der Waals surface area contributed by atoms with Crippen molar-refractivity contribution in [3.63, 3.8) is 0 Å². The maximum absolute atomic E-state index is 13.5. The quantitative estimate of drug-likeness (QED) is 0.758. The van der Waals surface area contributed by atoms with Crippen molar-refractivity contribution in [3.8, 4) is 11.5 Å². The molecule has 2 aromatic rings. The average Bonchev–Trinajstić information content (AvgIpc) is 2.34. The maximum atomic E-state index is 13.5. The van der Waals surface area contributed by atoms with Crippen LogP contribution < -0.4 is 4.74 Å². The molecule has 17 heavy (non-hydrogen) atoms. The van der Waals surface area contributed by atoms with Gasteiger partial charge in [-0.3, -0.25) is 0 Å². The Labute approximate surface area is 105 Å². The number of hydrogen-bond acceptors (Lipinski definition) is 1. The van der Waals surface area contributed by atoms with Gasteiger partial charge in [0.25, 0.3) is 0 Å². The molecule has 0 aromatic heterocycles. The van der Waals surface area contributed by atoms with Crippen LogP contribution in [0.4, 0.5) is 4.39 Å². The van der Waals surface area contributed by atoms with Crippen LogP contribution >= 0.6 is 11.6 Å². The lowest BCUT2D eigenvalue weighted by atomic mass is 10.2. The average molecular weight is 251 g/mol. The molecule has 0 bridgehead atoms. The Kier molecular flexibility index (Phi) is 3.64. The molecule has 0 unspecified atom stereocenters. The Bertz CT molecular complexity index is 508. The Morgan fingerprint density at radius 3 is 2.41 bits per heavy atom. The van der Waals surface area contributed by atoms with Gasteiger partial charge in [0, 0.05) is 5.02 Å². The highest BCUT2D eigenvalue weighted by atomic mass is 35.5. The van der Waals surface area contributed by atoms with Gasteiger partial charge in [-0.1, -0.05) is 30.7 Å². The van der Waals surface area contributed by atoms with E-state index in [1.807, 2.05) is 24.3 Å². The van der Waals surface area contributed by atoms with Crippen molar-refractivity contribution in [3.05, 3.63) is 58.9 Å². The fourth-order valence-electron chi connectivity index (χ4n) is 1.48. The SMILES string of the molecule is CCc1ccc(Oc2ccc(Cl)cc2F)cc1. The van der Waals surface area contributed by atoms with E-state index in [1.54, 1.807) is 6.07 Å². The molecule has 2 aromatic carbocycles. The van der Waals surface area contributed by atoms with Gasteiger partial charge in [0.2, 0.25) is 0 Å². The summed E-state index contributed by atoms with van der Waals surface area (Å²) in [6, 6.07) is 11.9. The zero-order chi connectivity index (χ0) is 12.3. The highest BCUT2D eigenvalue weighted by Crippen LogP contribution is 2.26. The fraction of sp³-hybridized carbons (Fsp3) is 0.143. The van der Waals surface area contributed by atoms with Gasteiger partial charge in [0.1, 0.15) is 5.75 Å². The summed E-state index contributed by atoms with van der Waals surface area (Å²) in [5.41, 5.74) is 1.22.